The van der Waals surface area contributed by atoms with Crippen LogP contribution in [0.25, 0.3) is 0 Å². The summed E-state index contributed by atoms with van der Waals surface area (Å²) >= 11 is 7.32. The zero-order valence-electron chi connectivity index (χ0n) is 14.8. The Morgan fingerprint density at radius 1 is 1.28 bits per heavy atom. The molecule has 5 nitrogen and oxygen atoms in total. The minimum Gasteiger partial charge on any atom is -0.320 e. The SMILES string of the molecule is CCCC(C)C(=O)Nc1nc(C)c(C(=O)Nc2c(C)cccc2Cl)s1. The van der Waals surface area contributed by atoms with Crippen LogP contribution in [0.2, 0.25) is 5.02 Å². The molecule has 0 spiro atoms. The first kappa shape index (κ1) is 19.4. The molecule has 1 aromatic carbocycles. The molecule has 2 rings (SSSR count). The van der Waals surface area contributed by atoms with Gasteiger partial charge in [-0.2, -0.15) is 0 Å². The number of hydrogen-bond acceptors (Lipinski definition) is 4. The zero-order chi connectivity index (χ0) is 18.6. The van der Waals surface area contributed by atoms with Crippen LogP contribution < -0.4 is 10.6 Å². The first-order chi connectivity index (χ1) is 11.8. The number of carbonyl (C=O) groups excluding carboxylic acids is 2. The van der Waals surface area contributed by atoms with E-state index in [1.807, 2.05) is 32.9 Å². The predicted molar refractivity (Wildman–Crippen MR) is 104 cm³/mol. The van der Waals surface area contributed by atoms with Crippen LogP contribution >= 0.6 is 22.9 Å². The molecule has 2 N–H and O–H groups in total. The van der Waals surface area contributed by atoms with Crippen molar-refractivity contribution in [3.8, 4) is 0 Å². The van der Waals surface area contributed by atoms with Gasteiger partial charge in [0.25, 0.3) is 5.91 Å². The van der Waals surface area contributed by atoms with Crippen molar-refractivity contribution < 1.29 is 9.59 Å². The van der Waals surface area contributed by atoms with Gasteiger partial charge in [-0.1, -0.05) is 55.3 Å². The van der Waals surface area contributed by atoms with E-state index < -0.39 is 0 Å². The Bertz CT molecular complexity index is 768. The number of benzene rings is 1. The first-order valence-corrected chi connectivity index (χ1v) is 9.37. The maximum Gasteiger partial charge on any atom is 0.267 e. The molecule has 0 aliphatic carbocycles. The van der Waals surface area contributed by atoms with Crippen LogP contribution in [0, 0.1) is 19.8 Å². The lowest BCUT2D eigenvalue weighted by atomic mass is 10.1. The van der Waals surface area contributed by atoms with Gasteiger partial charge in [-0.3, -0.25) is 9.59 Å². The number of aryl methyl sites for hydroxylation is 2. The topological polar surface area (TPSA) is 71.1 Å². The summed E-state index contributed by atoms with van der Waals surface area (Å²) in [7, 11) is 0. The van der Waals surface area contributed by atoms with Crippen molar-refractivity contribution in [2.24, 2.45) is 5.92 Å². The molecule has 0 bridgehead atoms. The molecule has 134 valence electrons. The third-order valence-corrected chi connectivity index (χ3v) is 5.25. The number of rotatable bonds is 6. The largest absolute Gasteiger partial charge is 0.320 e. The minimum absolute atomic E-state index is 0.0792. The third kappa shape index (κ3) is 4.80. The summed E-state index contributed by atoms with van der Waals surface area (Å²) in [6.07, 6.45) is 1.76. The normalized spacial score (nSPS) is 11.9. The minimum atomic E-state index is -0.284. The van der Waals surface area contributed by atoms with Crippen LogP contribution in [0.4, 0.5) is 10.8 Å². The number of anilines is 2. The van der Waals surface area contributed by atoms with Gasteiger partial charge in [0, 0.05) is 5.92 Å². The lowest BCUT2D eigenvalue weighted by Crippen LogP contribution is -2.20. The molecule has 25 heavy (non-hydrogen) atoms. The van der Waals surface area contributed by atoms with E-state index in [1.165, 1.54) is 0 Å². The van der Waals surface area contributed by atoms with Crippen molar-refractivity contribution >= 4 is 45.6 Å². The number of amides is 2. The van der Waals surface area contributed by atoms with Gasteiger partial charge in [-0.15, -0.1) is 0 Å². The smallest absolute Gasteiger partial charge is 0.267 e. The number of aromatic nitrogens is 1. The molecule has 2 amide bonds. The summed E-state index contributed by atoms with van der Waals surface area (Å²) in [5.74, 6) is -0.449. The highest BCUT2D eigenvalue weighted by Crippen LogP contribution is 2.28. The second-order valence-corrected chi connectivity index (χ2v) is 7.40. The summed E-state index contributed by atoms with van der Waals surface area (Å²) in [5, 5.41) is 6.54. The Morgan fingerprint density at radius 2 is 2.00 bits per heavy atom. The van der Waals surface area contributed by atoms with Gasteiger partial charge < -0.3 is 10.6 Å². The third-order valence-electron chi connectivity index (χ3n) is 3.86. The van der Waals surface area contributed by atoms with E-state index in [2.05, 4.69) is 15.6 Å². The second-order valence-electron chi connectivity index (χ2n) is 6.00. The highest BCUT2D eigenvalue weighted by molar-refractivity contribution is 7.17. The maximum atomic E-state index is 12.6. The fraction of sp³-hybridized carbons (Fsp3) is 0.389. The predicted octanol–water partition coefficient (Wildman–Crippen LogP) is 5.04. The molecule has 1 unspecified atom stereocenters. The Kier molecular flexibility index (Phi) is 6.56. The maximum absolute atomic E-state index is 12.6. The molecule has 0 saturated heterocycles. The second kappa shape index (κ2) is 8.45. The lowest BCUT2D eigenvalue weighted by Gasteiger charge is -2.09. The van der Waals surface area contributed by atoms with Crippen molar-refractivity contribution in [1.82, 2.24) is 4.98 Å². The van der Waals surface area contributed by atoms with Gasteiger partial charge in [0.15, 0.2) is 5.13 Å². The van der Waals surface area contributed by atoms with E-state index in [1.54, 1.807) is 13.0 Å². The molecule has 0 radical (unpaired) electrons. The average Bonchev–Trinajstić information content (AvgIpc) is 2.91. The van der Waals surface area contributed by atoms with Gasteiger partial charge in [-0.05, 0) is 31.9 Å². The van der Waals surface area contributed by atoms with Gasteiger partial charge in [0.1, 0.15) is 4.88 Å². The Morgan fingerprint density at radius 3 is 2.64 bits per heavy atom. The fourth-order valence-corrected chi connectivity index (χ4v) is 3.55. The molecule has 0 aliphatic rings. The molecule has 0 fully saturated rings. The molecule has 0 aliphatic heterocycles. The molecule has 0 saturated carbocycles. The van der Waals surface area contributed by atoms with Crippen LogP contribution in [0.5, 0.6) is 0 Å². The number of nitrogens with zero attached hydrogens (tertiary/aromatic N) is 1. The average molecular weight is 380 g/mol. The molecular weight excluding hydrogens is 358 g/mol. The van der Waals surface area contributed by atoms with Crippen molar-refractivity contribution in [3.63, 3.8) is 0 Å². The summed E-state index contributed by atoms with van der Waals surface area (Å²) in [5.41, 5.74) is 2.04. The lowest BCUT2D eigenvalue weighted by molar-refractivity contribution is -0.119. The quantitative estimate of drug-likeness (QED) is 0.738. The van der Waals surface area contributed by atoms with E-state index in [4.69, 9.17) is 11.6 Å². The highest BCUT2D eigenvalue weighted by Gasteiger charge is 2.19. The van der Waals surface area contributed by atoms with E-state index in [0.29, 0.717) is 26.4 Å². The van der Waals surface area contributed by atoms with Crippen LogP contribution in [0.3, 0.4) is 0 Å². The number of halogens is 1. The number of hydrogen-bond donors (Lipinski definition) is 2. The van der Waals surface area contributed by atoms with Crippen LogP contribution in [0.1, 0.15) is 47.6 Å². The zero-order valence-corrected chi connectivity index (χ0v) is 16.3. The number of thiazole rings is 1. The summed E-state index contributed by atoms with van der Waals surface area (Å²) in [6.45, 7) is 7.54. The summed E-state index contributed by atoms with van der Waals surface area (Å²) in [6, 6.07) is 5.43. The highest BCUT2D eigenvalue weighted by atomic mass is 35.5. The molecule has 1 heterocycles. The standard InChI is InChI=1S/C18H22ClN3O2S/c1-5-7-11(3)16(23)22-18-20-12(4)15(25-18)17(24)21-14-10(2)8-6-9-13(14)19/h6,8-9,11H,5,7H2,1-4H3,(H,21,24)(H,20,22,23). The summed E-state index contributed by atoms with van der Waals surface area (Å²) < 4.78 is 0. The molecule has 2 aromatic rings. The van der Waals surface area contributed by atoms with E-state index in [9.17, 15) is 9.59 Å². The number of nitrogens with one attached hydrogen (secondary N) is 2. The summed E-state index contributed by atoms with van der Waals surface area (Å²) in [4.78, 5) is 29.4. The van der Waals surface area contributed by atoms with E-state index in [0.717, 1.165) is 29.7 Å². The molecule has 7 heteroatoms. The number of carbonyl (C=O) groups is 2. The van der Waals surface area contributed by atoms with Crippen LogP contribution in [0.15, 0.2) is 18.2 Å². The van der Waals surface area contributed by atoms with Crippen LogP contribution in [-0.4, -0.2) is 16.8 Å². The molecular formula is C18H22ClN3O2S. The van der Waals surface area contributed by atoms with Crippen molar-refractivity contribution in [1.29, 1.82) is 0 Å². The Balaban J connectivity index is 2.14. The van der Waals surface area contributed by atoms with Crippen molar-refractivity contribution in [2.45, 2.75) is 40.5 Å². The van der Waals surface area contributed by atoms with Gasteiger partial charge in [-0.25, -0.2) is 4.98 Å². The van der Waals surface area contributed by atoms with Gasteiger partial charge >= 0.3 is 0 Å². The number of para-hydroxylation sites is 1. The van der Waals surface area contributed by atoms with Crippen LogP contribution in [-0.2, 0) is 4.79 Å². The van der Waals surface area contributed by atoms with Crippen molar-refractivity contribution in [3.05, 3.63) is 39.4 Å². The van der Waals surface area contributed by atoms with Gasteiger partial charge in [0.05, 0.1) is 16.4 Å². The van der Waals surface area contributed by atoms with E-state index >= 15 is 0 Å². The Labute approximate surface area is 156 Å². The first-order valence-electron chi connectivity index (χ1n) is 8.18. The van der Waals surface area contributed by atoms with E-state index in [-0.39, 0.29) is 17.7 Å². The van der Waals surface area contributed by atoms with Gasteiger partial charge in [0.2, 0.25) is 5.91 Å². The van der Waals surface area contributed by atoms with Crippen molar-refractivity contribution in [2.75, 3.05) is 10.6 Å². The fourth-order valence-electron chi connectivity index (χ4n) is 2.41. The molecule has 1 aromatic heterocycles. The monoisotopic (exact) mass is 379 g/mol. The molecule has 1 atom stereocenters. The Hall–Kier alpha value is -1.92.